The minimum absolute atomic E-state index is 0.149. The van der Waals surface area contributed by atoms with E-state index in [-0.39, 0.29) is 16.7 Å². The average molecular weight is 294 g/mol. The lowest BCUT2D eigenvalue weighted by Gasteiger charge is -2.17. The summed E-state index contributed by atoms with van der Waals surface area (Å²) in [5.74, 6) is 0. The smallest absolute Gasteiger partial charge is 0.269 e. The van der Waals surface area contributed by atoms with Crippen LogP contribution in [0.5, 0.6) is 0 Å². The fourth-order valence-corrected chi connectivity index (χ4v) is 2.15. The molecule has 0 fully saturated rings. The Morgan fingerprint density at radius 2 is 2.05 bits per heavy atom. The van der Waals surface area contributed by atoms with Crippen LogP contribution in [0.4, 0.5) is 5.69 Å². The standard InChI is InChI=1S/C16H26N2O3/c1-3-5-11-21-12-7-10-17-16(4-2)14-8-6-9-15(13-14)18(19)20/h6,8-9,13,16-17H,3-5,7,10-12H2,1-2H3. The van der Waals surface area contributed by atoms with Gasteiger partial charge in [-0.1, -0.05) is 32.4 Å². The Bertz CT molecular complexity index is 424. The number of nitro groups is 1. The Hall–Kier alpha value is -1.46. The van der Waals surface area contributed by atoms with Crippen LogP contribution < -0.4 is 5.32 Å². The van der Waals surface area contributed by atoms with E-state index in [0.29, 0.717) is 0 Å². The van der Waals surface area contributed by atoms with E-state index in [1.807, 2.05) is 6.07 Å². The molecule has 5 heteroatoms. The number of hydrogen-bond donors (Lipinski definition) is 1. The van der Waals surface area contributed by atoms with E-state index in [1.54, 1.807) is 12.1 Å². The summed E-state index contributed by atoms with van der Waals surface area (Å²) >= 11 is 0. The number of non-ortho nitro benzene ring substituents is 1. The molecule has 1 unspecified atom stereocenters. The van der Waals surface area contributed by atoms with Crippen molar-refractivity contribution in [2.75, 3.05) is 19.8 Å². The van der Waals surface area contributed by atoms with Crippen molar-refractivity contribution in [3.63, 3.8) is 0 Å². The van der Waals surface area contributed by atoms with Gasteiger partial charge in [-0.2, -0.15) is 0 Å². The normalized spacial score (nSPS) is 12.3. The number of hydrogen-bond acceptors (Lipinski definition) is 4. The van der Waals surface area contributed by atoms with Crippen LogP contribution in [0.25, 0.3) is 0 Å². The van der Waals surface area contributed by atoms with Gasteiger partial charge in [0.05, 0.1) is 4.92 Å². The Morgan fingerprint density at radius 3 is 2.71 bits per heavy atom. The van der Waals surface area contributed by atoms with Crippen molar-refractivity contribution in [2.45, 2.75) is 45.6 Å². The third-order valence-corrected chi connectivity index (χ3v) is 3.39. The van der Waals surface area contributed by atoms with Crippen molar-refractivity contribution in [3.05, 3.63) is 39.9 Å². The Balaban J connectivity index is 2.37. The highest BCUT2D eigenvalue weighted by Gasteiger charge is 2.12. The molecule has 1 rings (SSSR count). The van der Waals surface area contributed by atoms with Gasteiger partial charge in [0.1, 0.15) is 0 Å². The van der Waals surface area contributed by atoms with E-state index in [4.69, 9.17) is 4.74 Å². The second-order valence-electron chi connectivity index (χ2n) is 5.09. The fourth-order valence-electron chi connectivity index (χ4n) is 2.15. The molecule has 0 heterocycles. The zero-order chi connectivity index (χ0) is 15.5. The summed E-state index contributed by atoms with van der Waals surface area (Å²) < 4.78 is 5.52. The predicted octanol–water partition coefficient (Wildman–Crippen LogP) is 3.84. The van der Waals surface area contributed by atoms with E-state index in [1.165, 1.54) is 6.07 Å². The third kappa shape index (κ3) is 6.69. The number of nitrogens with zero attached hydrogens (tertiary/aromatic N) is 1. The molecule has 0 aliphatic heterocycles. The molecule has 21 heavy (non-hydrogen) atoms. The molecule has 0 amide bonds. The van der Waals surface area contributed by atoms with Crippen LogP contribution >= 0.6 is 0 Å². The molecule has 1 aromatic rings. The first-order chi connectivity index (χ1) is 10.2. The summed E-state index contributed by atoms with van der Waals surface area (Å²) in [6.07, 6.45) is 4.12. The van der Waals surface area contributed by atoms with Crippen molar-refractivity contribution in [2.24, 2.45) is 0 Å². The molecule has 118 valence electrons. The summed E-state index contributed by atoms with van der Waals surface area (Å²) in [6.45, 7) is 6.67. The summed E-state index contributed by atoms with van der Waals surface area (Å²) in [5.41, 5.74) is 1.12. The zero-order valence-corrected chi connectivity index (χ0v) is 13.0. The first-order valence-corrected chi connectivity index (χ1v) is 7.74. The quantitative estimate of drug-likeness (QED) is 0.382. The van der Waals surface area contributed by atoms with Crippen molar-refractivity contribution < 1.29 is 9.66 Å². The number of ether oxygens (including phenoxy) is 1. The highest BCUT2D eigenvalue weighted by Crippen LogP contribution is 2.21. The topological polar surface area (TPSA) is 64.4 Å². The van der Waals surface area contributed by atoms with Crippen molar-refractivity contribution >= 4 is 5.69 Å². The Labute approximate surface area is 126 Å². The highest BCUT2D eigenvalue weighted by atomic mass is 16.6. The number of nitrogens with one attached hydrogen (secondary N) is 1. The molecule has 0 aromatic heterocycles. The highest BCUT2D eigenvalue weighted by molar-refractivity contribution is 5.35. The van der Waals surface area contributed by atoms with Crippen molar-refractivity contribution in [3.8, 4) is 0 Å². The van der Waals surface area contributed by atoms with Gasteiger partial charge in [-0.05, 0) is 31.4 Å². The molecule has 0 radical (unpaired) electrons. The lowest BCUT2D eigenvalue weighted by molar-refractivity contribution is -0.384. The zero-order valence-electron chi connectivity index (χ0n) is 13.0. The number of unbranched alkanes of at least 4 members (excludes halogenated alkanes) is 1. The van der Waals surface area contributed by atoms with Crippen LogP contribution in [-0.4, -0.2) is 24.7 Å². The first-order valence-electron chi connectivity index (χ1n) is 7.74. The molecular weight excluding hydrogens is 268 g/mol. The van der Waals surface area contributed by atoms with Crippen molar-refractivity contribution in [1.82, 2.24) is 5.32 Å². The molecule has 1 aromatic carbocycles. The van der Waals surface area contributed by atoms with E-state index < -0.39 is 0 Å². The molecule has 0 saturated heterocycles. The van der Waals surface area contributed by atoms with Gasteiger partial charge in [-0.25, -0.2) is 0 Å². The summed E-state index contributed by atoms with van der Waals surface area (Å²) in [4.78, 5) is 10.5. The number of nitro benzene ring substituents is 1. The van der Waals surface area contributed by atoms with Gasteiger partial charge >= 0.3 is 0 Å². The van der Waals surface area contributed by atoms with Gasteiger partial charge in [0.25, 0.3) is 5.69 Å². The fraction of sp³-hybridized carbons (Fsp3) is 0.625. The van der Waals surface area contributed by atoms with Gasteiger partial charge in [0.2, 0.25) is 0 Å². The molecule has 0 aliphatic carbocycles. The monoisotopic (exact) mass is 294 g/mol. The van der Waals surface area contributed by atoms with E-state index in [0.717, 1.165) is 51.0 Å². The van der Waals surface area contributed by atoms with Crippen LogP contribution in [0.15, 0.2) is 24.3 Å². The molecule has 0 saturated carbocycles. The molecule has 0 aliphatic rings. The Kier molecular flexibility index (Phi) is 8.62. The summed E-state index contributed by atoms with van der Waals surface area (Å²) in [7, 11) is 0. The van der Waals surface area contributed by atoms with Gasteiger partial charge in [0.15, 0.2) is 0 Å². The molecular formula is C16H26N2O3. The number of benzene rings is 1. The molecule has 0 spiro atoms. The maximum atomic E-state index is 10.8. The molecule has 5 nitrogen and oxygen atoms in total. The van der Waals surface area contributed by atoms with Gasteiger partial charge in [-0.3, -0.25) is 10.1 Å². The lowest BCUT2D eigenvalue weighted by atomic mass is 10.0. The minimum atomic E-state index is -0.349. The third-order valence-electron chi connectivity index (χ3n) is 3.39. The Morgan fingerprint density at radius 1 is 1.29 bits per heavy atom. The lowest BCUT2D eigenvalue weighted by Crippen LogP contribution is -2.23. The molecule has 1 atom stereocenters. The average Bonchev–Trinajstić information content (AvgIpc) is 2.50. The van der Waals surface area contributed by atoms with Crippen molar-refractivity contribution in [1.29, 1.82) is 0 Å². The molecule has 0 bridgehead atoms. The van der Waals surface area contributed by atoms with Crippen LogP contribution in [0.3, 0.4) is 0 Å². The minimum Gasteiger partial charge on any atom is -0.381 e. The largest absolute Gasteiger partial charge is 0.381 e. The van der Waals surface area contributed by atoms with Gasteiger partial charge in [-0.15, -0.1) is 0 Å². The second-order valence-corrected chi connectivity index (χ2v) is 5.09. The first kappa shape index (κ1) is 17.6. The van der Waals surface area contributed by atoms with E-state index >= 15 is 0 Å². The van der Waals surface area contributed by atoms with Crippen LogP contribution in [0.1, 0.15) is 51.1 Å². The molecule has 1 N–H and O–H groups in total. The van der Waals surface area contributed by atoms with Crippen LogP contribution in [0.2, 0.25) is 0 Å². The summed E-state index contributed by atoms with van der Waals surface area (Å²) in [5, 5.41) is 14.3. The number of rotatable bonds is 11. The van der Waals surface area contributed by atoms with Gasteiger partial charge in [0, 0.05) is 31.4 Å². The second kappa shape index (κ2) is 10.3. The predicted molar refractivity (Wildman–Crippen MR) is 84.5 cm³/mol. The van der Waals surface area contributed by atoms with Crippen LogP contribution in [0, 0.1) is 10.1 Å². The van der Waals surface area contributed by atoms with Gasteiger partial charge < -0.3 is 10.1 Å². The van der Waals surface area contributed by atoms with E-state index in [2.05, 4.69) is 19.2 Å². The maximum absolute atomic E-state index is 10.8. The summed E-state index contributed by atoms with van der Waals surface area (Å²) in [6, 6.07) is 7.01. The SMILES string of the molecule is CCCCOCCCNC(CC)c1cccc([N+](=O)[O-])c1. The van der Waals surface area contributed by atoms with Crippen LogP contribution in [-0.2, 0) is 4.74 Å². The maximum Gasteiger partial charge on any atom is 0.269 e. The van der Waals surface area contributed by atoms with E-state index in [9.17, 15) is 10.1 Å².